The van der Waals surface area contributed by atoms with Crippen molar-refractivity contribution in [2.45, 2.75) is 32.2 Å². The van der Waals surface area contributed by atoms with E-state index in [1.54, 1.807) is 16.8 Å². The fourth-order valence-electron chi connectivity index (χ4n) is 3.06. The molecular formula is C18H23FN4O. The van der Waals surface area contributed by atoms with E-state index in [1.807, 2.05) is 12.3 Å². The number of hydrogen-bond donors (Lipinski definition) is 2. The van der Waals surface area contributed by atoms with Crippen LogP contribution in [0.3, 0.4) is 0 Å². The lowest BCUT2D eigenvalue weighted by molar-refractivity contribution is -0.126. The number of hydrogen-bond acceptors (Lipinski definition) is 3. The second-order valence-electron chi connectivity index (χ2n) is 6.35. The Bertz CT molecular complexity index is 683. The Labute approximate surface area is 141 Å². The molecule has 0 radical (unpaired) electrons. The maximum absolute atomic E-state index is 13.0. The van der Waals surface area contributed by atoms with Crippen LogP contribution in [0, 0.1) is 11.7 Å². The minimum atomic E-state index is -0.263. The van der Waals surface area contributed by atoms with Gasteiger partial charge in [0.1, 0.15) is 5.82 Å². The molecule has 1 aromatic heterocycles. The highest BCUT2D eigenvalue weighted by atomic mass is 19.1. The minimum Gasteiger partial charge on any atom is -0.355 e. The molecule has 1 aliphatic rings. The summed E-state index contributed by atoms with van der Waals surface area (Å²) in [5, 5.41) is 10.8. The molecule has 0 spiro atoms. The van der Waals surface area contributed by atoms with Gasteiger partial charge in [0.15, 0.2) is 0 Å². The van der Waals surface area contributed by atoms with Crippen molar-refractivity contribution < 1.29 is 9.18 Å². The molecule has 1 aliphatic heterocycles. The molecule has 2 N–H and O–H groups in total. The van der Waals surface area contributed by atoms with Crippen LogP contribution in [-0.2, 0) is 11.2 Å². The van der Waals surface area contributed by atoms with Gasteiger partial charge in [-0.05, 0) is 56.6 Å². The summed E-state index contributed by atoms with van der Waals surface area (Å²) in [6.07, 6.45) is 4.32. The summed E-state index contributed by atoms with van der Waals surface area (Å²) < 4.78 is 14.7. The number of rotatable bonds is 5. The topological polar surface area (TPSA) is 59.0 Å². The van der Waals surface area contributed by atoms with Gasteiger partial charge in [-0.1, -0.05) is 0 Å². The van der Waals surface area contributed by atoms with Crippen molar-refractivity contribution in [3.8, 4) is 5.69 Å². The summed E-state index contributed by atoms with van der Waals surface area (Å²) in [6, 6.07) is 8.52. The van der Waals surface area contributed by atoms with Gasteiger partial charge in [-0.3, -0.25) is 4.79 Å². The highest BCUT2D eigenvalue weighted by Crippen LogP contribution is 2.16. The molecule has 1 fully saturated rings. The number of nitrogens with one attached hydrogen (secondary N) is 2. The van der Waals surface area contributed by atoms with Gasteiger partial charge in [-0.15, -0.1) is 0 Å². The number of amides is 1. The van der Waals surface area contributed by atoms with Crippen molar-refractivity contribution in [2.75, 3.05) is 13.1 Å². The molecule has 1 saturated heterocycles. The lowest BCUT2D eigenvalue weighted by Gasteiger charge is -2.27. The Morgan fingerprint density at radius 3 is 2.92 bits per heavy atom. The Morgan fingerprint density at radius 2 is 2.17 bits per heavy atom. The lowest BCUT2D eigenvalue weighted by Crippen LogP contribution is -2.42. The van der Waals surface area contributed by atoms with Gasteiger partial charge in [0.2, 0.25) is 5.91 Å². The average molecular weight is 330 g/mol. The van der Waals surface area contributed by atoms with Crippen LogP contribution >= 0.6 is 0 Å². The Hall–Kier alpha value is -2.21. The Morgan fingerprint density at radius 1 is 1.38 bits per heavy atom. The van der Waals surface area contributed by atoms with E-state index < -0.39 is 0 Å². The first-order valence-electron chi connectivity index (χ1n) is 8.43. The highest BCUT2D eigenvalue weighted by Gasteiger charge is 2.24. The number of aromatic nitrogens is 2. The summed E-state index contributed by atoms with van der Waals surface area (Å²) in [5.74, 6) is -0.0135. The number of nitrogens with zero attached hydrogens (tertiary/aromatic N) is 2. The fourth-order valence-corrected chi connectivity index (χ4v) is 3.06. The summed E-state index contributed by atoms with van der Waals surface area (Å²) in [7, 11) is 0. The first-order valence-corrected chi connectivity index (χ1v) is 8.43. The summed E-state index contributed by atoms with van der Waals surface area (Å²) in [4.78, 5) is 12.2. The van der Waals surface area contributed by atoms with Crippen LogP contribution < -0.4 is 10.6 Å². The van der Waals surface area contributed by atoms with E-state index in [1.165, 1.54) is 12.1 Å². The predicted octanol–water partition coefficient (Wildman–Crippen LogP) is 2.06. The van der Waals surface area contributed by atoms with E-state index in [0.29, 0.717) is 19.0 Å². The molecule has 0 aliphatic carbocycles. The monoisotopic (exact) mass is 330 g/mol. The molecule has 1 amide bonds. The molecule has 2 atom stereocenters. The molecule has 24 heavy (non-hydrogen) atoms. The smallest absolute Gasteiger partial charge is 0.223 e. The second-order valence-corrected chi connectivity index (χ2v) is 6.35. The summed E-state index contributed by atoms with van der Waals surface area (Å²) >= 11 is 0. The number of benzene rings is 1. The van der Waals surface area contributed by atoms with E-state index in [0.717, 1.165) is 30.8 Å². The maximum Gasteiger partial charge on any atom is 0.223 e. The molecule has 0 unspecified atom stereocenters. The average Bonchev–Trinajstić information content (AvgIpc) is 3.04. The van der Waals surface area contributed by atoms with Crippen LogP contribution in [-0.4, -0.2) is 34.8 Å². The normalized spacial score (nSPS) is 20.8. The highest BCUT2D eigenvalue weighted by molar-refractivity contribution is 5.78. The van der Waals surface area contributed by atoms with E-state index >= 15 is 0 Å². The zero-order valence-corrected chi connectivity index (χ0v) is 13.8. The molecule has 128 valence electrons. The quantitative estimate of drug-likeness (QED) is 0.882. The van der Waals surface area contributed by atoms with Crippen LogP contribution in [0.25, 0.3) is 5.69 Å². The summed E-state index contributed by atoms with van der Waals surface area (Å²) in [5.41, 5.74) is 1.72. The lowest BCUT2D eigenvalue weighted by atomic mass is 9.92. The van der Waals surface area contributed by atoms with E-state index in [9.17, 15) is 9.18 Å². The van der Waals surface area contributed by atoms with Crippen LogP contribution in [0.15, 0.2) is 36.5 Å². The standard InChI is InChI=1S/C18H23FN4O/c1-13-12-14(6-9-20-13)18(24)21-10-7-16-8-11-23(22-16)17-4-2-15(19)3-5-17/h2-5,8,11,13-14,20H,6-7,9-10,12H2,1H3,(H,21,24)/t13-,14-/m0/s1. The third-order valence-electron chi connectivity index (χ3n) is 4.41. The van der Waals surface area contributed by atoms with E-state index in [2.05, 4.69) is 22.7 Å². The van der Waals surface area contributed by atoms with Gasteiger partial charge >= 0.3 is 0 Å². The van der Waals surface area contributed by atoms with Gasteiger partial charge in [0.25, 0.3) is 0 Å². The van der Waals surface area contributed by atoms with Crippen LogP contribution in [0.4, 0.5) is 4.39 Å². The van der Waals surface area contributed by atoms with Crippen LogP contribution in [0.1, 0.15) is 25.5 Å². The van der Waals surface area contributed by atoms with Crippen molar-refractivity contribution >= 4 is 5.91 Å². The number of carbonyl (C=O) groups excluding carboxylic acids is 1. The van der Waals surface area contributed by atoms with Crippen LogP contribution in [0.2, 0.25) is 0 Å². The van der Waals surface area contributed by atoms with Gasteiger partial charge < -0.3 is 10.6 Å². The Balaban J connectivity index is 1.49. The van der Waals surface area contributed by atoms with Gasteiger partial charge in [-0.2, -0.15) is 5.10 Å². The molecule has 1 aromatic carbocycles. The van der Waals surface area contributed by atoms with Crippen molar-refractivity contribution in [1.29, 1.82) is 0 Å². The SMILES string of the molecule is C[C@H]1C[C@@H](C(=O)NCCc2ccn(-c3ccc(F)cc3)n2)CCN1. The molecule has 2 heterocycles. The third-order valence-corrected chi connectivity index (χ3v) is 4.41. The molecule has 6 heteroatoms. The molecule has 0 bridgehead atoms. The van der Waals surface area contributed by atoms with Gasteiger partial charge in [-0.25, -0.2) is 9.07 Å². The predicted molar refractivity (Wildman–Crippen MR) is 90.4 cm³/mol. The zero-order valence-electron chi connectivity index (χ0n) is 13.8. The molecule has 3 rings (SSSR count). The second kappa shape index (κ2) is 7.57. The first-order chi connectivity index (χ1) is 11.6. The number of piperidine rings is 1. The molecule has 0 saturated carbocycles. The fraction of sp³-hybridized carbons (Fsp3) is 0.444. The van der Waals surface area contributed by atoms with Crippen molar-refractivity contribution in [1.82, 2.24) is 20.4 Å². The zero-order chi connectivity index (χ0) is 16.9. The molecule has 5 nitrogen and oxygen atoms in total. The van der Waals surface area contributed by atoms with Crippen molar-refractivity contribution in [2.24, 2.45) is 5.92 Å². The minimum absolute atomic E-state index is 0.109. The van der Waals surface area contributed by atoms with E-state index in [4.69, 9.17) is 0 Å². The third kappa shape index (κ3) is 4.20. The largest absolute Gasteiger partial charge is 0.355 e. The summed E-state index contributed by atoms with van der Waals surface area (Å²) in [6.45, 7) is 3.60. The maximum atomic E-state index is 13.0. The van der Waals surface area contributed by atoms with Gasteiger partial charge in [0, 0.05) is 31.1 Å². The molecular weight excluding hydrogens is 307 g/mol. The van der Waals surface area contributed by atoms with Crippen molar-refractivity contribution in [3.05, 3.63) is 48.0 Å². The van der Waals surface area contributed by atoms with Crippen LogP contribution in [0.5, 0.6) is 0 Å². The van der Waals surface area contributed by atoms with Crippen molar-refractivity contribution in [3.63, 3.8) is 0 Å². The van der Waals surface area contributed by atoms with E-state index in [-0.39, 0.29) is 17.6 Å². The first kappa shape index (κ1) is 16.6. The Kier molecular flexibility index (Phi) is 5.25. The number of halogens is 1. The van der Waals surface area contributed by atoms with Gasteiger partial charge in [0.05, 0.1) is 11.4 Å². The molecule has 2 aromatic rings. The number of carbonyl (C=O) groups is 1.